The Morgan fingerprint density at radius 3 is 1.46 bits per heavy atom. The molecule has 0 aliphatic rings. The fraction of sp³-hybridized carbons (Fsp3) is 0. The van der Waals surface area contributed by atoms with Gasteiger partial charge in [0.25, 0.3) is 0 Å². The van der Waals surface area contributed by atoms with Crippen LogP contribution in [0, 0.1) is 0 Å². The van der Waals surface area contributed by atoms with Crippen molar-refractivity contribution < 1.29 is 0 Å². The molecule has 0 amide bonds. The second kappa shape index (κ2) is 21.6. The molecule has 74 heavy (non-hydrogen) atoms. The van der Waals surface area contributed by atoms with E-state index >= 15 is 0 Å². The Labute approximate surface area is 445 Å². The number of benzene rings is 6. The van der Waals surface area contributed by atoms with Gasteiger partial charge in [0, 0.05) is 52.6 Å². The zero-order valence-corrected chi connectivity index (χ0v) is 42.1. The minimum Gasteiger partial charge on any atom is -0.315 e. The molecule has 0 spiro atoms. The molecule has 8 heterocycles. The summed E-state index contributed by atoms with van der Waals surface area (Å²) in [7, 11) is 0. The molecule has 0 aliphatic carbocycles. The summed E-state index contributed by atoms with van der Waals surface area (Å²) in [6, 6.07) is 67.2. The van der Waals surface area contributed by atoms with Crippen LogP contribution >= 0.6 is 46.4 Å². The Morgan fingerprint density at radius 2 is 0.797 bits per heavy atom. The van der Waals surface area contributed by atoms with Crippen LogP contribution in [0.3, 0.4) is 0 Å². The van der Waals surface area contributed by atoms with Crippen LogP contribution in [0.1, 0.15) is 0 Å². The fourth-order valence-electron chi connectivity index (χ4n) is 8.73. The fourth-order valence-corrected chi connectivity index (χ4v) is 9.33. The molecule has 0 N–H and O–H groups in total. The number of fused-ring (bicyclic) bond motifs is 5. The molecular weight excluding hydrogens is 1000 g/mol. The first-order valence-corrected chi connectivity index (χ1v) is 24.8. The highest BCUT2D eigenvalue weighted by Crippen LogP contribution is 2.28. The van der Waals surface area contributed by atoms with Crippen LogP contribution in [0.2, 0.25) is 20.9 Å². The monoisotopic (exact) mass is 1040 g/mol. The number of para-hydroxylation sites is 2. The summed E-state index contributed by atoms with van der Waals surface area (Å²) >= 11 is 23.4. The van der Waals surface area contributed by atoms with E-state index in [4.69, 9.17) is 46.4 Å². The maximum atomic E-state index is 5.85. The number of aromatic nitrogens is 10. The number of pyridine rings is 2. The number of hydrogen-bond acceptors (Lipinski definition) is 6. The van der Waals surface area contributed by atoms with Gasteiger partial charge in [0.05, 0.1) is 62.9 Å². The van der Waals surface area contributed by atoms with Crippen LogP contribution in [0.25, 0.3) is 88.7 Å². The number of halogens is 4. The van der Waals surface area contributed by atoms with Crippen LogP contribution in [-0.2, 0) is 0 Å². The van der Waals surface area contributed by atoms with E-state index in [0.717, 1.165) is 66.8 Å². The van der Waals surface area contributed by atoms with Gasteiger partial charge in [0.15, 0.2) is 0 Å². The Hall–Kier alpha value is -8.64. The predicted molar refractivity (Wildman–Crippen MR) is 303 cm³/mol. The van der Waals surface area contributed by atoms with Gasteiger partial charge in [-0.15, -0.1) is 0 Å². The SMILES string of the molecule is Clc1cc2ccn(-c3ccccc3)c2cn1.Clc1ccc2c(ccn2-c2ccccc2)n1.Clc1ncc2c(ccn2-c2ccc(-c3ccccc3)cc2)n1.Clc1ncc2c(ccn2-c2cccc3ccccc23)n1. The third-order valence-electron chi connectivity index (χ3n) is 12.2. The third kappa shape index (κ3) is 10.3. The summed E-state index contributed by atoms with van der Waals surface area (Å²) in [5.41, 5.74) is 13.5. The van der Waals surface area contributed by atoms with Gasteiger partial charge in [-0.1, -0.05) is 138 Å². The van der Waals surface area contributed by atoms with Crippen LogP contribution in [-0.4, -0.2) is 48.2 Å². The Morgan fingerprint density at radius 1 is 0.311 bits per heavy atom. The van der Waals surface area contributed by atoms with Crippen molar-refractivity contribution in [3.05, 3.63) is 264 Å². The lowest BCUT2D eigenvalue weighted by atomic mass is 10.1. The first-order chi connectivity index (χ1) is 36.3. The highest BCUT2D eigenvalue weighted by atomic mass is 35.5. The third-order valence-corrected chi connectivity index (χ3v) is 13.0. The van der Waals surface area contributed by atoms with Crippen molar-refractivity contribution in [3.8, 4) is 33.9 Å². The summed E-state index contributed by atoms with van der Waals surface area (Å²) in [6.45, 7) is 0. The Bertz CT molecular complexity index is 4070. The molecule has 10 nitrogen and oxygen atoms in total. The lowest BCUT2D eigenvalue weighted by Gasteiger charge is -2.09. The van der Waals surface area contributed by atoms with E-state index in [1.165, 1.54) is 21.9 Å². The van der Waals surface area contributed by atoms with Crippen molar-refractivity contribution in [2.24, 2.45) is 0 Å². The molecule has 6 aromatic carbocycles. The quantitative estimate of drug-likeness (QED) is 0.126. The maximum absolute atomic E-state index is 5.85. The maximum Gasteiger partial charge on any atom is 0.223 e. The molecule has 14 rings (SSSR count). The lowest BCUT2D eigenvalue weighted by molar-refractivity contribution is 1.11. The van der Waals surface area contributed by atoms with Gasteiger partial charge in [-0.2, -0.15) is 0 Å². The van der Waals surface area contributed by atoms with Gasteiger partial charge >= 0.3 is 0 Å². The second-order valence-electron chi connectivity index (χ2n) is 16.7. The predicted octanol–water partition coefficient (Wildman–Crippen LogP) is 16.3. The molecular formula is C60H40Cl4N10. The van der Waals surface area contributed by atoms with Crippen LogP contribution in [0.5, 0.6) is 0 Å². The van der Waals surface area contributed by atoms with Crippen molar-refractivity contribution in [2.45, 2.75) is 0 Å². The molecule has 0 bridgehead atoms. The highest BCUT2D eigenvalue weighted by Gasteiger charge is 2.10. The van der Waals surface area contributed by atoms with Crippen molar-refractivity contribution >= 4 is 101 Å². The van der Waals surface area contributed by atoms with E-state index < -0.39 is 0 Å². The largest absolute Gasteiger partial charge is 0.315 e. The number of rotatable bonds is 5. The van der Waals surface area contributed by atoms with E-state index in [1.807, 2.05) is 134 Å². The summed E-state index contributed by atoms with van der Waals surface area (Å²) in [5, 5.41) is 5.10. The zero-order valence-electron chi connectivity index (χ0n) is 39.1. The molecule has 0 saturated carbocycles. The van der Waals surface area contributed by atoms with E-state index in [9.17, 15) is 0 Å². The van der Waals surface area contributed by atoms with E-state index in [1.54, 1.807) is 18.6 Å². The molecule has 8 aromatic heterocycles. The average molecular weight is 1040 g/mol. The molecule has 0 atom stereocenters. The van der Waals surface area contributed by atoms with Crippen molar-refractivity contribution in [1.29, 1.82) is 0 Å². The average Bonchev–Trinajstić information content (AvgIpc) is 4.27. The normalized spacial score (nSPS) is 11.0. The van der Waals surface area contributed by atoms with Crippen LogP contribution in [0.15, 0.2) is 244 Å². The molecule has 358 valence electrons. The zero-order chi connectivity index (χ0) is 50.4. The molecule has 14 aromatic rings. The van der Waals surface area contributed by atoms with Gasteiger partial charge in [0.2, 0.25) is 10.6 Å². The van der Waals surface area contributed by atoms with Gasteiger partial charge in [-0.3, -0.25) is 0 Å². The molecule has 0 aliphatic heterocycles. The Kier molecular flexibility index (Phi) is 13.9. The summed E-state index contributed by atoms with van der Waals surface area (Å²) in [4.78, 5) is 25.0. The van der Waals surface area contributed by atoms with Gasteiger partial charge in [0.1, 0.15) is 10.3 Å². The lowest BCUT2D eigenvalue weighted by Crippen LogP contribution is -1.94. The number of hydrogen-bond donors (Lipinski definition) is 0. The second-order valence-corrected chi connectivity index (χ2v) is 18.2. The highest BCUT2D eigenvalue weighted by molar-refractivity contribution is 6.30. The molecule has 0 saturated heterocycles. The standard InChI is InChI=1S/C18H12ClN3.C16H10ClN3.2C13H9ClN2/c19-18-20-12-17-16(21-18)10-11-22(17)15-8-6-14(7-9-15)13-4-2-1-3-5-13;17-16-18-10-15-13(19-16)8-9-20(15)14-7-3-5-11-4-1-2-6-12(11)14;14-13-8-10-6-7-16(12(10)9-15-13)11-4-2-1-3-5-11;14-13-7-6-12-11(15-13)8-9-16(12)10-4-2-1-3-5-10/h1-12H;1-10H;2*1-9H. The van der Waals surface area contributed by atoms with Crippen LogP contribution in [0.4, 0.5) is 0 Å². The molecule has 0 fully saturated rings. The summed E-state index contributed by atoms with van der Waals surface area (Å²) in [6.07, 6.45) is 13.3. The topological polar surface area (TPSA) is 97.1 Å². The van der Waals surface area contributed by atoms with Crippen LogP contribution < -0.4 is 0 Å². The van der Waals surface area contributed by atoms with Crippen molar-refractivity contribution in [2.75, 3.05) is 0 Å². The smallest absolute Gasteiger partial charge is 0.223 e. The first-order valence-electron chi connectivity index (χ1n) is 23.3. The minimum absolute atomic E-state index is 0.268. The molecule has 14 heteroatoms. The van der Waals surface area contributed by atoms with Gasteiger partial charge in [-0.05, 0) is 125 Å². The number of nitrogens with zero attached hydrogens (tertiary/aromatic N) is 10. The Balaban J connectivity index is 0.000000107. The minimum atomic E-state index is 0.268. The summed E-state index contributed by atoms with van der Waals surface area (Å²) < 4.78 is 8.34. The van der Waals surface area contributed by atoms with Crippen molar-refractivity contribution in [3.63, 3.8) is 0 Å². The van der Waals surface area contributed by atoms with E-state index in [-0.39, 0.29) is 10.6 Å². The van der Waals surface area contributed by atoms with Gasteiger partial charge < -0.3 is 18.3 Å². The van der Waals surface area contributed by atoms with E-state index in [2.05, 4.69) is 139 Å². The summed E-state index contributed by atoms with van der Waals surface area (Å²) in [5.74, 6) is 0. The van der Waals surface area contributed by atoms with Gasteiger partial charge in [-0.25, -0.2) is 29.9 Å². The van der Waals surface area contributed by atoms with E-state index in [0.29, 0.717) is 10.3 Å². The molecule has 0 unspecified atom stereocenters. The van der Waals surface area contributed by atoms with Crippen molar-refractivity contribution in [1.82, 2.24) is 48.2 Å². The first kappa shape index (κ1) is 47.7. The molecule has 0 radical (unpaired) electrons.